The van der Waals surface area contributed by atoms with Gasteiger partial charge in [0.1, 0.15) is 11.8 Å². The number of pyridine rings is 1. The quantitative estimate of drug-likeness (QED) is 0.518. The summed E-state index contributed by atoms with van der Waals surface area (Å²) in [5.41, 5.74) is 6.43. The molecule has 0 spiro atoms. The van der Waals surface area contributed by atoms with Gasteiger partial charge in [0, 0.05) is 42.8 Å². The van der Waals surface area contributed by atoms with Crippen LogP contribution in [0.2, 0.25) is 0 Å². The van der Waals surface area contributed by atoms with E-state index in [4.69, 9.17) is 9.47 Å². The van der Waals surface area contributed by atoms with Crippen LogP contribution in [0.15, 0.2) is 55.0 Å². The van der Waals surface area contributed by atoms with Crippen molar-refractivity contribution < 1.29 is 14.6 Å². The Morgan fingerprint density at radius 1 is 1.00 bits per heavy atom. The van der Waals surface area contributed by atoms with Gasteiger partial charge in [0.25, 0.3) is 0 Å². The summed E-state index contributed by atoms with van der Waals surface area (Å²) in [5.74, 6) is 0.721. The summed E-state index contributed by atoms with van der Waals surface area (Å²) in [6.45, 7) is 4.90. The zero-order chi connectivity index (χ0) is 22.4. The van der Waals surface area contributed by atoms with Gasteiger partial charge in [-0.2, -0.15) is 0 Å². The fourth-order valence-electron chi connectivity index (χ4n) is 4.76. The van der Waals surface area contributed by atoms with E-state index >= 15 is 0 Å². The molecule has 2 atom stereocenters. The molecule has 0 radical (unpaired) electrons. The minimum atomic E-state index is -0.288. The minimum Gasteiger partial charge on any atom is -0.390 e. The number of ether oxygens (including phenoxy) is 2. The summed E-state index contributed by atoms with van der Waals surface area (Å²) in [7, 11) is 0. The van der Waals surface area contributed by atoms with Crippen LogP contribution in [0.5, 0.6) is 0 Å². The zero-order valence-electron chi connectivity index (χ0n) is 18.4. The second-order valence-electron chi connectivity index (χ2n) is 8.41. The number of imidazole rings is 1. The Morgan fingerprint density at radius 2 is 1.76 bits per heavy atom. The Labute approximate surface area is 191 Å². The highest BCUT2D eigenvalue weighted by atomic mass is 16.5. The number of aromatic nitrogens is 4. The first-order valence-electron chi connectivity index (χ1n) is 11.2. The van der Waals surface area contributed by atoms with Gasteiger partial charge in [-0.05, 0) is 30.2 Å². The number of hydrogen-bond acceptors (Lipinski definition) is 7. The molecule has 5 heterocycles. The molecule has 0 saturated carbocycles. The molecule has 4 aromatic rings. The second kappa shape index (κ2) is 8.22. The van der Waals surface area contributed by atoms with Gasteiger partial charge in [0.2, 0.25) is 5.95 Å². The molecule has 8 nitrogen and oxygen atoms in total. The van der Waals surface area contributed by atoms with Crippen LogP contribution in [0.3, 0.4) is 0 Å². The van der Waals surface area contributed by atoms with Gasteiger partial charge >= 0.3 is 0 Å². The Kier molecular flexibility index (Phi) is 5.05. The van der Waals surface area contributed by atoms with Crippen molar-refractivity contribution in [2.45, 2.75) is 25.7 Å². The van der Waals surface area contributed by atoms with E-state index in [1.54, 1.807) is 0 Å². The maximum absolute atomic E-state index is 10.1. The molecule has 1 N–H and O–H groups in total. The van der Waals surface area contributed by atoms with Gasteiger partial charge in [0.05, 0.1) is 37.3 Å². The van der Waals surface area contributed by atoms with Crippen molar-refractivity contribution in [3.63, 3.8) is 0 Å². The largest absolute Gasteiger partial charge is 0.390 e. The lowest BCUT2D eigenvalue weighted by molar-refractivity contribution is 0.0415. The Bertz CT molecular complexity index is 1300. The lowest BCUT2D eigenvalue weighted by atomic mass is 10.00. The highest BCUT2D eigenvalue weighted by molar-refractivity contribution is 5.64. The number of fused-ring (bicyclic) bond motifs is 2. The monoisotopic (exact) mass is 443 g/mol. The van der Waals surface area contributed by atoms with E-state index in [1.165, 1.54) is 5.56 Å². The summed E-state index contributed by atoms with van der Waals surface area (Å²) >= 11 is 0. The van der Waals surface area contributed by atoms with Crippen LogP contribution < -0.4 is 4.90 Å². The first-order valence-corrected chi connectivity index (χ1v) is 11.2. The third-order valence-corrected chi connectivity index (χ3v) is 6.45. The molecule has 0 amide bonds. The molecule has 1 saturated heterocycles. The Morgan fingerprint density at radius 3 is 2.52 bits per heavy atom. The topological polar surface area (TPSA) is 85.0 Å². The van der Waals surface area contributed by atoms with Crippen molar-refractivity contribution >= 4 is 11.6 Å². The molecule has 0 aliphatic carbocycles. The van der Waals surface area contributed by atoms with Gasteiger partial charge in [-0.1, -0.05) is 24.3 Å². The number of nitrogens with zero attached hydrogens (tertiary/aromatic N) is 5. The van der Waals surface area contributed by atoms with E-state index < -0.39 is 0 Å². The Hall–Kier alpha value is -3.33. The summed E-state index contributed by atoms with van der Waals surface area (Å²) in [6, 6.07) is 12.2. The SMILES string of the molecule is C[C@H]1O[C@H](c2c(CO)nc3ccc(-c4cnc(N5CCOCC5)nc4)cn23)c2ccccc21. The molecule has 6 rings (SSSR count). The van der Waals surface area contributed by atoms with E-state index in [2.05, 4.69) is 38.9 Å². The van der Waals surface area contributed by atoms with Crippen molar-refractivity contribution in [3.05, 3.63) is 77.5 Å². The maximum atomic E-state index is 10.1. The van der Waals surface area contributed by atoms with Gasteiger partial charge in [0.15, 0.2) is 0 Å². The average Bonchev–Trinajstić information content (AvgIpc) is 3.41. The van der Waals surface area contributed by atoms with E-state index in [0.717, 1.165) is 47.1 Å². The number of anilines is 1. The van der Waals surface area contributed by atoms with Crippen molar-refractivity contribution in [2.24, 2.45) is 0 Å². The van der Waals surface area contributed by atoms with Crippen LogP contribution >= 0.6 is 0 Å². The normalized spacial score (nSPS) is 20.4. The maximum Gasteiger partial charge on any atom is 0.225 e. The predicted molar refractivity (Wildman–Crippen MR) is 123 cm³/mol. The zero-order valence-corrected chi connectivity index (χ0v) is 18.4. The molecular formula is C25H25N5O3. The van der Waals surface area contributed by atoms with Crippen LogP contribution in [0.4, 0.5) is 5.95 Å². The van der Waals surface area contributed by atoms with Gasteiger partial charge < -0.3 is 23.9 Å². The average molecular weight is 444 g/mol. The summed E-state index contributed by atoms with van der Waals surface area (Å²) in [4.78, 5) is 16.0. The van der Waals surface area contributed by atoms with Crippen molar-refractivity contribution in [1.29, 1.82) is 0 Å². The van der Waals surface area contributed by atoms with Crippen molar-refractivity contribution in [3.8, 4) is 11.1 Å². The second-order valence-corrected chi connectivity index (χ2v) is 8.41. The number of aliphatic hydroxyl groups excluding tert-OH is 1. The van der Waals surface area contributed by atoms with Crippen LogP contribution in [0, 0.1) is 0 Å². The number of morpholine rings is 1. The molecular weight excluding hydrogens is 418 g/mol. The van der Waals surface area contributed by atoms with Crippen LogP contribution in [-0.4, -0.2) is 50.8 Å². The standard InChI is InChI=1S/C25H25N5O3/c1-16-19-4-2-3-5-20(19)24(33-16)23-21(15-31)28-22-7-6-17(14-30(22)23)18-12-26-25(27-13-18)29-8-10-32-11-9-29/h2-7,12-14,16,24,31H,8-11,15H2,1H3/t16-,24+/m1/s1. The van der Waals surface area contributed by atoms with E-state index in [1.807, 2.05) is 47.3 Å². The molecule has 3 aromatic heterocycles. The molecule has 0 bridgehead atoms. The first-order chi connectivity index (χ1) is 16.2. The van der Waals surface area contributed by atoms with Crippen molar-refractivity contribution in [1.82, 2.24) is 19.4 Å². The summed E-state index contributed by atoms with van der Waals surface area (Å²) < 4.78 is 13.8. The van der Waals surface area contributed by atoms with E-state index in [-0.39, 0.29) is 18.8 Å². The number of rotatable bonds is 4. The van der Waals surface area contributed by atoms with Gasteiger partial charge in [-0.3, -0.25) is 0 Å². The molecule has 1 fully saturated rings. The van der Waals surface area contributed by atoms with E-state index in [9.17, 15) is 5.11 Å². The molecule has 33 heavy (non-hydrogen) atoms. The molecule has 1 aromatic carbocycles. The summed E-state index contributed by atoms with van der Waals surface area (Å²) in [6.07, 6.45) is 5.42. The van der Waals surface area contributed by atoms with Crippen molar-refractivity contribution in [2.75, 3.05) is 31.2 Å². The number of hydrogen-bond donors (Lipinski definition) is 1. The smallest absolute Gasteiger partial charge is 0.225 e. The molecule has 2 aliphatic heterocycles. The number of benzene rings is 1. The van der Waals surface area contributed by atoms with E-state index in [0.29, 0.717) is 18.9 Å². The highest BCUT2D eigenvalue weighted by Gasteiger charge is 2.34. The fraction of sp³-hybridized carbons (Fsp3) is 0.320. The third kappa shape index (κ3) is 3.47. The highest BCUT2D eigenvalue weighted by Crippen LogP contribution is 2.43. The minimum absolute atomic E-state index is 0.0207. The Balaban J connectivity index is 1.40. The first kappa shape index (κ1) is 20.3. The summed E-state index contributed by atoms with van der Waals surface area (Å²) in [5, 5.41) is 10.1. The third-order valence-electron chi connectivity index (χ3n) is 6.45. The van der Waals surface area contributed by atoms with Crippen LogP contribution in [0.25, 0.3) is 16.8 Å². The predicted octanol–water partition coefficient (Wildman–Crippen LogP) is 3.30. The van der Waals surface area contributed by atoms with Crippen LogP contribution in [-0.2, 0) is 16.1 Å². The molecule has 168 valence electrons. The molecule has 8 heteroatoms. The number of aliphatic hydroxyl groups is 1. The molecule has 2 aliphatic rings. The van der Waals surface area contributed by atoms with Crippen LogP contribution in [0.1, 0.15) is 41.6 Å². The fourth-order valence-corrected chi connectivity index (χ4v) is 4.76. The lowest BCUT2D eigenvalue weighted by Gasteiger charge is -2.26. The lowest BCUT2D eigenvalue weighted by Crippen LogP contribution is -2.37. The van der Waals surface area contributed by atoms with Gasteiger partial charge in [-0.15, -0.1) is 0 Å². The van der Waals surface area contributed by atoms with Gasteiger partial charge in [-0.25, -0.2) is 15.0 Å². The molecule has 0 unspecified atom stereocenters.